The predicted octanol–water partition coefficient (Wildman–Crippen LogP) is 2.06. The molecule has 0 aliphatic heterocycles. The van der Waals surface area contributed by atoms with Crippen LogP contribution in [0.15, 0.2) is 12.4 Å². The molecule has 0 atom stereocenters. The van der Waals surface area contributed by atoms with E-state index in [1.807, 2.05) is 11.4 Å². The Hall–Kier alpha value is -1.65. The van der Waals surface area contributed by atoms with Crippen molar-refractivity contribution in [1.29, 1.82) is 0 Å². The fraction of sp³-hybridized carbons (Fsp3) is 0.615. The van der Waals surface area contributed by atoms with E-state index in [0.717, 1.165) is 30.5 Å². The van der Waals surface area contributed by atoms with Crippen LogP contribution in [0.3, 0.4) is 0 Å². The van der Waals surface area contributed by atoms with E-state index in [1.165, 1.54) is 19.3 Å². The molecule has 5 nitrogen and oxygen atoms in total. The number of aryl methyl sites for hydroxylation is 1. The summed E-state index contributed by atoms with van der Waals surface area (Å²) in [5, 5.41) is 4.28. The summed E-state index contributed by atoms with van der Waals surface area (Å²) in [4.78, 5) is 11.0. The van der Waals surface area contributed by atoms with Gasteiger partial charge >= 0.3 is 0 Å². The quantitative estimate of drug-likeness (QED) is 0.827. The predicted molar refractivity (Wildman–Crippen MR) is 70.7 cm³/mol. The maximum absolute atomic E-state index is 4.39. The standard InChI is InChI=1S/C13H19N5/c1-3-17(8-11-5-4-6-11)12-7-10(2)16-13-14-9-15-18(12)13/h7,9,11H,3-6,8H2,1-2H3. The summed E-state index contributed by atoms with van der Waals surface area (Å²) in [6, 6.07) is 2.10. The van der Waals surface area contributed by atoms with Crippen LogP contribution in [0.25, 0.3) is 5.78 Å². The van der Waals surface area contributed by atoms with Crippen molar-refractivity contribution in [2.75, 3.05) is 18.0 Å². The number of nitrogens with zero attached hydrogens (tertiary/aromatic N) is 5. The van der Waals surface area contributed by atoms with Crippen LogP contribution in [0.2, 0.25) is 0 Å². The molecular formula is C13H19N5. The van der Waals surface area contributed by atoms with Gasteiger partial charge in [-0.1, -0.05) is 6.42 Å². The maximum Gasteiger partial charge on any atom is 0.254 e. The first-order valence-electron chi connectivity index (χ1n) is 6.70. The lowest BCUT2D eigenvalue weighted by atomic mass is 9.85. The zero-order valence-corrected chi connectivity index (χ0v) is 11.0. The van der Waals surface area contributed by atoms with Crippen LogP contribution in [-0.4, -0.2) is 32.7 Å². The first-order chi connectivity index (χ1) is 8.78. The minimum Gasteiger partial charge on any atom is -0.356 e. The molecule has 3 rings (SSSR count). The van der Waals surface area contributed by atoms with Crippen molar-refractivity contribution in [1.82, 2.24) is 19.6 Å². The first kappa shape index (κ1) is 11.4. The summed E-state index contributed by atoms with van der Waals surface area (Å²) in [5.41, 5.74) is 0.998. The fourth-order valence-corrected chi connectivity index (χ4v) is 2.51. The Labute approximate surface area is 107 Å². The van der Waals surface area contributed by atoms with Crippen molar-refractivity contribution < 1.29 is 0 Å². The number of hydrogen-bond acceptors (Lipinski definition) is 4. The van der Waals surface area contributed by atoms with Gasteiger partial charge in [0.25, 0.3) is 5.78 Å². The molecule has 5 heteroatoms. The van der Waals surface area contributed by atoms with Crippen LogP contribution in [0.5, 0.6) is 0 Å². The minimum atomic E-state index is 0.692. The topological polar surface area (TPSA) is 46.3 Å². The Morgan fingerprint density at radius 1 is 1.44 bits per heavy atom. The van der Waals surface area contributed by atoms with Crippen molar-refractivity contribution in [3.63, 3.8) is 0 Å². The Morgan fingerprint density at radius 2 is 2.28 bits per heavy atom. The van der Waals surface area contributed by atoms with Gasteiger partial charge in [-0.2, -0.15) is 14.6 Å². The van der Waals surface area contributed by atoms with Crippen molar-refractivity contribution in [3.8, 4) is 0 Å². The second-order valence-corrected chi connectivity index (χ2v) is 5.06. The first-order valence-corrected chi connectivity index (χ1v) is 6.70. The van der Waals surface area contributed by atoms with Gasteiger partial charge in [-0.15, -0.1) is 0 Å². The van der Waals surface area contributed by atoms with E-state index in [0.29, 0.717) is 5.78 Å². The van der Waals surface area contributed by atoms with Gasteiger partial charge in [0, 0.05) is 24.8 Å². The number of anilines is 1. The molecule has 1 aliphatic rings. The van der Waals surface area contributed by atoms with E-state index in [9.17, 15) is 0 Å². The average molecular weight is 245 g/mol. The lowest BCUT2D eigenvalue weighted by Gasteiger charge is -2.33. The molecular weight excluding hydrogens is 226 g/mol. The molecule has 96 valence electrons. The van der Waals surface area contributed by atoms with Gasteiger partial charge in [0.15, 0.2) is 0 Å². The summed E-state index contributed by atoms with van der Waals surface area (Å²) in [7, 11) is 0. The van der Waals surface area contributed by atoms with E-state index in [-0.39, 0.29) is 0 Å². The van der Waals surface area contributed by atoms with E-state index in [2.05, 4.69) is 33.0 Å². The highest BCUT2D eigenvalue weighted by Gasteiger charge is 2.22. The summed E-state index contributed by atoms with van der Waals surface area (Å²) < 4.78 is 1.84. The van der Waals surface area contributed by atoms with Crippen molar-refractivity contribution in [3.05, 3.63) is 18.1 Å². The van der Waals surface area contributed by atoms with Crippen molar-refractivity contribution in [2.45, 2.75) is 33.1 Å². The van der Waals surface area contributed by atoms with E-state index in [1.54, 1.807) is 6.33 Å². The average Bonchev–Trinajstić information content (AvgIpc) is 2.75. The fourth-order valence-electron chi connectivity index (χ4n) is 2.51. The van der Waals surface area contributed by atoms with Gasteiger partial charge in [-0.3, -0.25) is 0 Å². The molecule has 1 saturated carbocycles. The zero-order valence-electron chi connectivity index (χ0n) is 11.0. The Kier molecular flexibility index (Phi) is 2.89. The second-order valence-electron chi connectivity index (χ2n) is 5.06. The molecule has 0 amide bonds. The third-order valence-corrected chi connectivity index (χ3v) is 3.77. The van der Waals surface area contributed by atoms with E-state index >= 15 is 0 Å². The molecule has 1 aliphatic carbocycles. The van der Waals surface area contributed by atoms with Crippen LogP contribution in [0, 0.1) is 12.8 Å². The van der Waals surface area contributed by atoms with Crippen LogP contribution >= 0.6 is 0 Å². The maximum atomic E-state index is 4.39. The highest BCUT2D eigenvalue weighted by Crippen LogP contribution is 2.28. The third kappa shape index (κ3) is 1.94. The Bertz CT molecular complexity index is 543. The molecule has 2 aromatic heterocycles. The van der Waals surface area contributed by atoms with Crippen molar-refractivity contribution in [2.24, 2.45) is 5.92 Å². The van der Waals surface area contributed by atoms with Crippen LogP contribution < -0.4 is 4.90 Å². The highest BCUT2D eigenvalue weighted by molar-refractivity contribution is 5.47. The molecule has 2 aromatic rings. The molecule has 0 radical (unpaired) electrons. The van der Waals surface area contributed by atoms with Gasteiger partial charge in [0.05, 0.1) is 0 Å². The van der Waals surface area contributed by atoms with Crippen LogP contribution in [0.4, 0.5) is 5.82 Å². The van der Waals surface area contributed by atoms with Gasteiger partial charge in [0.2, 0.25) is 0 Å². The largest absolute Gasteiger partial charge is 0.356 e. The summed E-state index contributed by atoms with van der Waals surface area (Å²) in [6.45, 7) is 6.32. The number of fused-ring (bicyclic) bond motifs is 1. The van der Waals surface area contributed by atoms with E-state index in [4.69, 9.17) is 0 Å². The number of aromatic nitrogens is 4. The lowest BCUT2D eigenvalue weighted by Crippen LogP contribution is -2.33. The molecule has 0 bridgehead atoms. The minimum absolute atomic E-state index is 0.692. The lowest BCUT2D eigenvalue weighted by molar-refractivity contribution is 0.317. The van der Waals surface area contributed by atoms with Gasteiger partial charge in [-0.05, 0) is 32.6 Å². The van der Waals surface area contributed by atoms with Gasteiger partial charge in [0.1, 0.15) is 12.1 Å². The smallest absolute Gasteiger partial charge is 0.254 e. The number of hydrogen-bond donors (Lipinski definition) is 0. The molecule has 18 heavy (non-hydrogen) atoms. The normalized spacial score (nSPS) is 15.9. The second kappa shape index (κ2) is 4.55. The molecule has 0 unspecified atom stereocenters. The van der Waals surface area contributed by atoms with Gasteiger partial charge < -0.3 is 4.90 Å². The molecule has 0 aromatic carbocycles. The summed E-state index contributed by atoms with van der Waals surface area (Å²) in [5.74, 6) is 2.65. The van der Waals surface area contributed by atoms with E-state index < -0.39 is 0 Å². The van der Waals surface area contributed by atoms with Crippen molar-refractivity contribution >= 4 is 11.6 Å². The monoisotopic (exact) mass is 245 g/mol. The van der Waals surface area contributed by atoms with Crippen LogP contribution in [-0.2, 0) is 0 Å². The Morgan fingerprint density at radius 3 is 2.94 bits per heavy atom. The molecule has 2 heterocycles. The molecule has 0 saturated heterocycles. The summed E-state index contributed by atoms with van der Waals surface area (Å²) >= 11 is 0. The highest BCUT2D eigenvalue weighted by atomic mass is 15.4. The molecule has 0 N–H and O–H groups in total. The molecule has 0 spiro atoms. The Balaban J connectivity index is 1.96. The van der Waals surface area contributed by atoms with Crippen LogP contribution in [0.1, 0.15) is 31.9 Å². The SMILES string of the molecule is CCN(CC1CCC1)c1cc(C)nc2ncnn12. The third-order valence-electron chi connectivity index (χ3n) is 3.77. The zero-order chi connectivity index (χ0) is 12.5. The molecule has 1 fully saturated rings. The number of rotatable bonds is 4. The van der Waals surface area contributed by atoms with Gasteiger partial charge in [-0.25, -0.2) is 4.98 Å². The summed E-state index contributed by atoms with van der Waals surface area (Å²) in [6.07, 6.45) is 5.68.